The molecule has 0 saturated heterocycles. The van der Waals surface area contributed by atoms with E-state index in [0.29, 0.717) is 11.6 Å². The highest BCUT2D eigenvalue weighted by molar-refractivity contribution is 7.10. The Bertz CT molecular complexity index is 611. The largest absolute Gasteiger partial charge is 0.490 e. The second-order valence-corrected chi connectivity index (χ2v) is 5.97. The third-order valence-corrected chi connectivity index (χ3v) is 4.18. The summed E-state index contributed by atoms with van der Waals surface area (Å²) in [6.45, 7) is 4.17. The van der Waals surface area contributed by atoms with Crippen molar-refractivity contribution < 1.29 is 9.66 Å². The molecule has 0 radical (unpaired) electrons. The van der Waals surface area contributed by atoms with Crippen LogP contribution >= 0.6 is 11.3 Å². The Morgan fingerprint density at radius 2 is 2.05 bits per heavy atom. The van der Waals surface area contributed by atoms with E-state index in [1.165, 1.54) is 7.11 Å². The molecule has 1 N–H and O–H groups in total. The molecule has 0 amide bonds. The van der Waals surface area contributed by atoms with E-state index in [1.807, 2.05) is 17.5 Å². The minimum atomic E-state index is -0.410. The molecule has 0 saturated carbocycles. The Morgan fingerprint density at radius 3 is 2.57 bits per heavy atom. The van der Waals surface area contributed by atoms with Gasteiger partial charge in [-0.05, 0) is 29.5 Å². The zero-order chi connectivity index (χ0) is 15.4. The number of nitrogens with zero attached hydrogens (tertiary/aromatic N) is 1. The molecule has 1 aromatic heterocycles. The van der Waals surface area contributed by atoms with Crippen molar-refractivity contribution in [3.63, 3.8) is 0 Å². The first-order valence-corrected chi connectivity index (χ1v) is 7.54. The number of hydrogen-bond acceptors (Lipinski definition) is 5. The summed E-state index contributed by atoms with van der Waals surface area (Å²) in [6.07, 6.45) is 0. The Hall–Kier alpha value is -2.08. The van der Waals surface area contributed by atoms with Crippen LogP contribution in [0, 0.1) is 16.0 Å². The fraction of sp³-hybridized carbons (Fsp3) is 0.333. The summed E-state index contributed by atoms with van der Waals surface area (Å²) in [5.74, 6) is 0.563. The van der Waals surface area contributed by atoms with Gasteiger partial charge < -0.3 is 10.1 Å². The van der Waals surface area contributed by atoms with Gasteiger partial charge in [0.1, 0.15) is 5.69 Å². The molecule has 1 unspecified atom stereocenters. The number of nitrogens with one attached hydrogen (secondary N) is 1. The second-order valence-electron chi connectivity index (χ2n) is 4.99. The first-order chi connectivity index (χ1) is 10.0. The molecule has 1 heterocycles. The molecule has 0 bridgehead atoms. The van der Waals surface area contributed by atoms with Crippen molar-refractivity contribution in [2.45, 2.75) is 19.9 Å². The number of anilines is 1. The molecular formula is C15H18N2O3S. The van der Waals surface area contributed by atoms with E-state index in [1.54, 1.807) is 29.5 Å². The van der Waals surface area contributed by atoms with E-state index in [9.17, 15) is 10.1 Å². The van der Waals surface area contributed by atoms with E-state index in [0.717, 1.165) is 4.88 Å². The van der Waals surface area contributed by atoms with Crippen molar-refractivity contribution in [1.29, 1.82) is 0 Å². The van der Waals surface area contributed by atoms with Gasteiger partial charge in [-0.3, -0.25) is 10.1 Å². The average Bonchev–Trinajstić information content (AvgIpc) is 2.97. The van der Waals surface area contributed by atoms with Crippen LogP contribution in [-0.2, 0) is 0 Å². The van der Waals surface area contributed by atoms with Crippen LogP contribution in [-0.4, -0.2) is 12.0 Å². The van der Waals surface area contributed by atoms with Crippen LogP contribution in [0.4, 0.5) is 11.4 Å². The van der Waals surface area contributed by atoms with Crippen LogP contribution in [0.1, 0.15) is 24.8 Å². The number of para-hydroxylation sites is 1. The summed E-state index contributed by atoms with van der Waals surface area (Å²) in [7, 11) is 1.44. The molecule has 6 heteroatoms. The van der Waals surface area contributed by atoms with Crippen LogP contribution in [0.15, 0.2) is 35.7 Å². The lowest BCUT2D eigenvalue weighted by Gasteiger charge is -2.22. The standard InChI is InChI=1S/C15H18N2O3S/c1-10(2)14(13-8-5-9-21-13)16-11-6-4-7-12(20-3)15(11)17(18)19/h4-10,14,16H,1-3H3. The van der Waals surface area contributed by atoms with E-state index >= 15 is 0 Å². The Labute approximate surface area is 127 Å². The summed E-state index contributed by atoms with van der Waals surface area (Å²) in [6, 6.07) is 9.10. The molecule has 21 heavy (non-hydrogen) atoms. The summed E-state index contributed by atoms with van der Waals surface area (Å²) in [5.41, 5.74) is 0.452. The number of benzene rings is 1. The van der Waals surface area contributed by atoms with Crippen LogP contribution < -0.4 is 10.1 Å². The molecule has 0 aliphatic heterocycles. The Balaban J connectivity index is 2.40. The maximum Gasteiger partial charge on any atom is 0.333 e. The van der Waals surface area contributed by atoms with Crippen molar-refractivity contribution in [2.75, 3.05) is 12.4 Å². The van der Waals surface area contributed by atoms with Gasteiger partial charge in [0.25, 0.3) is 0 Å². The molecule has 0 aliphatic carbocycles. The highest BCUT2D eigenvalue weighted by atomic mass is 32.1. The maximum absolute atomic E-state index is 11.3. The number of ether oxygens (including phenoxy) is 1. The van der Waals surface area contributed by atoms with E-state index < -0.39 is 4.92 Å². The third-order valence-electron chi connectivity index (χ3n) is 3.23. The monoisotopic (exact) mass is 306 g/mol. The molecule has 1 aromatic carbocycles. The van der Waals surface area contributed by atoms with Crippen molar-refractivity contribution in [2.24, 2.45) is 5.92 Å². The van der Waals surface area contributed by atoms with Crippen molar-refractivity contribution in [3.05, 3.63) is 50.7 Å². The average molecular weight is 306 g/mol. The predicted molar refractivity (Wildman–Crippen MR) is 85.2 cm³/mol. The first-order valence-electron chi connectivity index (χ1n) is 6.66. The quantitative estimate of drug-likeness (QED) is 0.631. The van der Waals surface area contributed by atoms with Crippen molar-refractivity contribution >= 4 is 22.7 Å². The van der Waals surface area contributed by atoms with Gasteiger partial charge in [-0.1, -0.05) is 26.0 Å². The summed E-state index contributed by atoms with van der Waals surface area (Å²) < 4.78 is 5.10. The van der Waals surface area contributed by atoms with Gasteiger partial charge in [0.15, 0.2) is 5.75 Å². The molecular weight excluding hydrogens is 288 g/mol. The smallest absolute Gasteiger partial charge is 0.333 e. The van der Waals surface area contributed by atoms with Crippen LogP contribution in [0.3, 0.4) is 0 Å². The lowest BCUT2D eigenvalue weighted by molar-refractivity contribution is -0.384. The highest BCUT2D eigenvalue weighted by Crippen LogP contribution is 2.38. The van der Waals surface area contributed by atoms with Gasteiger partial charge in [0.2, 0.25) is 0 Å². The van der Waals surface area contributed by atoms with Gasteiger partial charge >= 0.3 is 5.69 Å². The number of hydrogen-bond donors (Lipinski definition) is 1. The van der Waals surface area contributed by atoms with Gasteiger partial charge in [-0.2, -0.15) is 0 Å². The molecule has 5 nitrogen and oxygen atoms in total. The topological polar surface area (TPSA) is 64.4 Å². The maximum atomic E-state index is 11.3. The second kappa shape index (κ2) is 6.58. The number of nitro groups is 1. The molecule has 0 fully saturated rings. The van der Waals surface area contributed by atoms with E-state index in [4.69, 9.17) is 4.74 Å². The van der Waals surface area contributed by atoms with E-state index in [-0.39, 0.29) is 17.5 Å². The number of thiophene rings is 1. The third kappa shape index (κ3) is 3.33. The summed E-state index contributed by atoms with van der Waals surface area (Å²) in [4.78, 5) is 12.1. The van der Waals surface area contributed by atoms with Crippen molar-refractivity contribution in [1.82, 2.24) is 0 Å². The lowest BCUT2D eigenvalue weighted by atomic mass is 10.0. The van der Waals surface area contributed by atoms with Gasteiger partial charge in [-0.15, -0.1) is 11.3 Å². The summed E-state index contributed by atoms with van der Waals surface area (Å²) in [5, 5.41) is 16.6. The minimum absolute atomic E-state index is 0.0239. The van der Waals surface area contributed by atoms with Gasteiger partial charge in [0.05, 0.1) is 18.1 Å². The molecule has 0 aliphatic rings. The van der Waals surface area contributed by atoms with Gasteiger partial charge in [0, 0.05) is 4.88 Å². The van der Waals surface area contributed by atoms with Crippen LogP contribution in [0.2, 0.25) is 0 Å². The highest BCUT2D eigenvalue weighted by Gasteiger charge is 2.24. The molecule has 2 aromatic rings. The SMILES string of the molecule is COc1cccc(NC(c2cccs2)C(C)C)c1[N+](=O)[O-]. The normalized spacial score (nSPS) is 12.2. The minimum Gasteiger partial charge on any atom is -0.490 e. The Kier molecular flexibility index (Phi) is 4.80. The van der Waals surface area contributed by atoms with Gasteiger partial charge in [-0.25, -0.2) is 0 Å². The molecule has 0 spiro atoms. The summed E-state index contributed by atoms with van der Waals surface area (Å²) >= 11 is 1.64. The number of nitro benzene ring substituents is 1. The van der Waals surface area contributed by atoms with Crippen molar-refractivity contribution in [3.8, 4) is 5.75 Å². The fourth-order valence-electron chi connectivity index (χ4n) is 2.19. The fourth-order valence-corrected chi connectivity index (χ4v) is 3.14. The number of methoxy groups -OCH3 is 1. The predicted octanol–water partition coefficient (Wildman–Crippen LogP) is 4.47. The zero-order valence-electron chi connectivity index (χ0n) is 12.2. The lowest BCUT2D eigenvalue weighted by Crippen LogP contribution is -2.16. The van der Waals surface area contributed by atoms with E-state index in [2.05, 4.69) is 19.2 Å². The van der Waals surface area contributed by atoms with Crippen LogP contribution in [0.5, 0.6) is 5.75 Å². The molecule has 112 valence electrons. The molecule has 1 atom stereocenters. The Morgan fingerprint density at radius 1 is 1.29 bits per heavy atom. The zero-order valence-corrected chi connectivity index (χ0v) is 13.0. The number of rotatable bonds is 6. The first kappa shape index (κ1) is 15.3. The van der Waals surface area contributed by atoms with Crippen LogP contribution in [0.25, 0.3) is 0 Å². The molecule has 2 rings (SSSR count).